The molecule has 0 fully saturated rings. The molecule has 0 aliphatic carbocycles. The Labute approximate surface area is 110 Å². The van der Waals surface area contributed by atoms with Gasteiger partial charge in [-0.05, 0) is 20.2 Å². The zero-order valence-corrected chi connectivity index (χ0v) is 11.5. The molecule has 0 heterocycles. The second-order valence-corrected chi connectivity index (χ2v) is 5.14. The van der Waals surface area contributed by atoms with Gasteiger partial charge in [0, 0.05) is 30.0 Å². The second kappa shape index (κ2) is 6.70. The van der Waals surface area contributed by atoms with Crippen LogP contribution in [0.5, 0.6) is 0 Å². The summed E-state index contributed by atoms with van der Waals surface area (Å²) in [5, 5.41) is 10.6. The number of nitro groups is 1. The van der Waals surface area contributed by atoms with Crippen molar-refractivity contribution in [3.63, 3.8) is 0 Å². The molecule has 0 saturated carbocycles. The molecule has 1 aromatic carbocycles. The highest BCUT2D eigenvalue weighted by Gasteiger charge is 2.19. The summed E-state index contributed by atoms with van der Waals surface area (Å²) in [4.78, 5) is 11.9. The molecule has 0 saturated heterocycles. The van der Waals surface area contributed by atoms with Gasteiger partial charge in [0.1, 0.15) is 0 Å². The van der Waals surface area contributed by atoms with E-state index in [1.54, 1.807) is 17.8 Å². The maximum absolute atomic E-state index is 13.9. The predicted octanol–water partition coefficient (Wildman–Crippen LogP) is 2.92. The summed E-state index contributed by atoms with van der Waals surface area (Å²) in [5.41, 5.74) is -0.0990. The molecule has 0 bridgehead atoms. The van der Waals surface area contributed by atoms with Crippen molar-refractivity contribution in [1.29, 1.82) is 0 Å². The van der Waals surface area contributed by atoms with Crippen molar-refractivity contribution in [3.05, 3.63) is 39.7 Å². The van der Waals surface area contributed by atoms with Crippen LogP contribution in [0.25, 0.3) is 0 Å². The average molecular weight is 272 g/mol. The molecule has 1 unspecified atom stereocenters. The quantitative estimate of drug-likeness (QED) is 0.590. The Morgan fingerprint density at radius 2 is 2.22 bits per heavy atom. The monoisotopic (exact) mass is 272 g/mol. The SMILES string of the molecule is CSCC(C)N(C)Cc1cccc([N+](=O)[O-])c1F. The molecule has 4 nitrogen and oxygen atoms in total. The van der Waals surface area contributed by atoms with Gasteiger partial charge in [0.05, 0.1) is 4.92 Å². The van der Waals surface area contributed by atoms with Gasteiger partial charge in [-0.25, -0.2) is 0 Å². The van der Waals surface area contributed by atoms with Crippen LogP contribution in [0.1, 0.15) is 12.5 Å². The molecule has 18 heavy (non-hydrogen) atoms. The van der Waals surface area contributed by atoms with E-state index < -0.39 is 16.4 Å². The van der Waals surface area contributed by atoms with E-state index in [0.29, 0.717) is 18.2 Å². The summed E-state index contributed by atoms with van der Waals surface area (Å²) in [6, 6.07) is 4.58. The molecule has 100 valence electrons. The third-order valence-electron chi connectivity index (χ3n) is 2.84. The Kier molecular flexibility index (Phi) is 5.55. The second-order valence-electron chi connectivity index (χ2n) is 4.23. The van der Waals surface area contributed by atoms with Crippen LogP contribution in [0, 0.1) is 15.9 Å². The van der Waals surface area contributed by atoms with Crippen LogP contribution in [0.2, 0.25) is 0 Å². The van der Waals surface area contributed by atoms with Crippen LogP contribution >= 0.6 is 11.8 Å². The van der Waals surface area contributed by atoms with Crippen LogP contribution in [0.15, 0.2) is 18.2 Å². The third-order valence-corrected chi connectivity index (χ3v) is 3.65. The zero-order valence-electron chi connectivity index (χ0n) is 10.7. The van der Waals surface area contributed by atoms with E-state index in [1.165, 1.54) is 12.1 Å². The fourth-order valence-electron chi connectivity index (χ4n) is 1.62. The molecule has 1 atom stereocenters. The van der Waals surface area contributed by atoms with Crippen LogP contribution in [0.3, 0.4) is 0 Å². The summed E-state index contributed by atoms with van der Waals surface area (Å²) in [6.45, 7) is 2.42. The highest BCUT2D eigenvalue weighted by Crippen LogP contribution is 2.21. The molecule has 0 radical (unpaired) electrons. The Morgan fingerprint density at radius 3 is 2.78 bits per heavy atom. The minimum absolute atomic E-state index is 0.290. The van der Waals surface area contributed by atoms with E-state index in [9.17, 15) is 14.5 Å². The minimum Gasteiger partial charge on any atom is -0.299 e. The number of thioether (sulfide) groups is 1. The lowest BCUT2D eigenvalue weighted by atomic mass is 10.1. The van der Waals surface area contributed by atoms with Gasteiger partial charge in [0.2, 0.25) is 5.82 Å². The third kappa shape index (κ3) is 3.68. The maximum atomic E-state index is 13.9. The molecule has 0 spiro atoms. The largest absolute Gasteiger partial charge is 0.305 e. The van der Waals surface area contributed by atoms with Crippen LogP contribution in [-0.2, 0) is 6.54 Å². The Morgan fingerprint density at radius 1 is 1.56 bits per heavy atom. The summed E-state index contributed by atoms with van der Waals surface area (Å²) in [6.07, 6.45) is 2.01. The smallest absolute Gasteiger partial charge is 0.299 e. The first kappa shape index (κ1) is 14.9. The number of hydrogen-bond donors (Lipinski definition) is 0. The van der Waals surface area contributed by atoms with Crippen molar-refractivity contribution in [2.24, 2.45) is 0 Å². The summed E-state index contributed by atoms with van der Waals surface area (Å²) >= 11 is 1.72. The number of nitro benzene ring substituents is 1. The van der Waals surface area contributed by atoms with Gasteiger partial charge in [-0.2, -0.15) is 16.2 Å². The van der Waals surface area contributed by atoms with Gasteiger partial charge >= 0.3 is 5.69 Å². The van der Waals surface area contributed by atoms with Gasteiger partial charge in [0.15, 0.2) is 0 Å². The highest BCUT2D eigenvalue weighted by molar-refractivity contribution is 7.98. The summed E-state index contributed by atoms with van der Waals surface area (Å²) in [5.74, 6) is 0.207. The average Bonchev–Trinajstić information content (AvgIpc) is 2.31. The van der Waals surface area contributed by atoms with E-state index in [4.69, 9.17) is 0 Å². The molecule has 1 aromatic rings. The number of hydrogen-bond acceptors (Lipinski definition) is 4. The predicted molar refractivity (Wildman–Crippen MR) is 72.4 cm³/mol. The number of rotatable bonds is 6. The fourth-order valence-corrected chi connectivity index (χ4v) is 2.36. The van der Waals surface area contributed by atoms with Gasteiger partial charge in [0.25, 0.3) is 0 Å². The van der Waals surface area contributed by atoms with Crippen LogP contribution < -0.4 is 0 Å². The summed E-state index contributed by atoms with van der Waals surface area (Å²) in [7, 11) is 1.89. The fraction of sp³-hybridized carbons (Fsp3) is 0.500. The number of benzene rings is 1. The molecule has 6 heteroatoms. The van der Waals surface area contributed by atoms with E-state index in [2.05, 4.69) is 0 Å². The van der Waals surface area contributed by atoms with Crippen molar-refractivity contribution < 1.29 is 9.31 Å². The number of halogens is 1. The normalized spacial score (nSPS) is 12.7. The number of nitrogens with zero attached hydrogens (tertiary/aromatic N) is 2. The first-order valence-electron chi connectivity index (χ1n) is 5.58. The maximum Gasteiger partial charge on any atom is 0.305 e. The molecule has 0 aromatic heterocycles. The van der Waals surface area contributed by atoms with Crippen molar-refractivity contribution in [1.82, 2.24) is 4.90 Å². The van der Waals surface area contributed by atoms with Crippen molar-refractivity contribution >= 4 is 17.4 Å². The van der Waals surface area contributed by atoms with Crippen molar-refractivity contribution in [2.75, 3.05) is 19.1 Å². The zero-order chi connectivity index (χ0) is 13.7. The van der Waals surface area contributed by atoms with Gasteiger partial charge in [-0.3, -0.25) is 15.0 Å². The lowest BCUT2D eigenvalue weighted by Crippen LogP contribution is -2.30. The topological polar surface area (TPSA) is 46.4 Å². The molecular weight excluding hydrogens is 255 g/mol. The van der Waals surface area contributed by atoms with E-state index in [-0.39, 0.29) is 0 Å². The summed E-state index contributed by atoms with van der Waals surface area (Å²) < 4.78 is 13.9. The van der Waals surface area contributed by atoms with Crippen molar-refractivity contribution in [3.8, 4) is 0 Å². The van der Waals surface area contributed by atoms with E-state index in [0.717, 1.165) is 5.75 Å². The molecule has 0 N–H and O–H groups in total. The first-order valence-corrected chi connectivity index (χ1v) is 6.97. The van der Waals surface area contributed by atoms with Gasteiger partial charge in [-0.1, -0.05) is 12.1 Å². The van der Waals surface area contributed by atoms with Crippen molar-refractivity contribution in [2.45, 2.75) is 19.5 Å². The minimum atomic E-state index is -0.731. The molecule has 0 aliphatic heterocycles. The molecule has 0 amide bonds. The lowest BCUT2D eigenvalue weighted by molar-refractivity contribution is -0.387. The van der Waals surface area contributed by atoms with Gasteiger partial charge in [-0.15, -0.1) is 0 Å². The first-order chi connectivity index (χ1) is 8.47. The van der Waals surface area contributed by atoms with Crippen LogP contribution in [-0.4, -0.2) is 34.9 Å². The Bertz CT molecular complexity index is 429. The molecule has 1 rings (SSSR count). The standard InChI is InChI=1S/C12H17FN2O2S/c1-9(8-18-3)14(2)7-10-5-4-6-11(12(10)13)15(16)17/h4-6,9H,7-8H2,1-3H3. The molecular formula is C12H17FN2O2S. The molecule has 0 aliphatic rings. The Balaban J connectivity index is 2.85. The van der Waals surface area contributed by atoms with Crippen LogP contribution in [0.4, 0.5) is 10.1 Å². The van der Waals surface area contributed by atoms with Gasteiger partial charge < -0.3 is 0 Å². The van der Waals surface area contributed by atoms with E-state index >= 15 is 0 Å². The highest BCUT2D eigenvalue weighted by atomic mass is 32.2. The van der Waals surface area contributed by atoms with E-state index in [1.807, 2.05) is 25.1 Å². The lowest BCUT2D eigenvalue weighted by Gasteiger charge is -2.24. The Hall–Kier alpha value is -1.14.